The van der Waals surface area contributed by atoms with E-state index in [9.17, 15) is 0 Å². The van der Waals surface area contributed by atoms with Crippen LogP contribution in [0.3, 0.4) is 0 Å². The topological polar surface area (TPSA) is 42.1 Å². The minimum atomic E-state index is 0.448. The van der Waals surface area contributed by atoms with Crippen molar-refractivity contribution >= 4 is 17.4 Å². The van der Waals surface area contributed by atoms with Crippen LogP contribution in [0.4, 0.5) is 5.82 Å². The molecule has 0 saturated carbocycles. The average molecular weight is 228 g/mol. The van der Waals surface area contributed by atoms with E-state index in [0.717, 1.165) is 17.9 Å². The number of nitrogens with zero attached hydrogens (tertiary/aromatic N) is 2. The highest BCUT2D eigenvalue weighted by Gasteiger charge is 2.07. The van der Waals surface area contributed by atoms with E-state index in [1.54, 1.807) is 6.20 Å². The van der Waals surface area contributed by atoms with Crippen LogP contribution in [0, 0.1) is 5.92 Å². The van der Waals surface area contributed by atoms with Crippen molar-refractivity contribution in [2.75, 3.05) is 18.5 Å². The minimum Gasteiger partial charge on any atom is -0.359 e. The van der Waals surface area contributed by atoms with Crippen molar-refractivity contribution in [2.45, 2.75) is 20.4 Å². The van der Waals surface area contributed by atoms with Gasteiger partial charge < -0.3 is 10.6 Å². The molecule has 0 aliphatic heterocycles. The Hall–Kier alpha value is -0.800. The van der Waals surface area contributed by atoms with Gasteiger partial charge >= 0.3 is 0 Å². The van der Waals surface area contributed by atoms with Gasteiger partial charge in [-0.15, -0.1) is 0 Å². The standard InChI is InChI=1S/C11H18ClN3/c1-8(2)7-15(3)11-4-9(5-13)10(12)6-14-11/h4,6,8H,5,7,13H2,1-3H3. The van der Waals surface area contributed by atoms with Gasteiger partial charge in [-0.2, -0.15) is 0 Å². The van der Waals surface area contributed by atoms with Gasteiger partial charge in [0.1, 0.15) is 5.82 Å². The number of anilines is 1. The molecule has 1 aromatic rings. The Kier molecular flexibility index (Phi) is 4.36. The van der Waals surface area contributed by atoms with Crippen molar-refractivity contribution in [3.05, 3.63) is 22.8 Å². The van der Waals surface area contributed by atoms with Gasteiger partial charge in [0.2, 0.25) is 0 Å². The molecule has 1 heterocycles. The Morgan fingerprint density at radius 3 is 2.73 bits per heavy atom. The maximum Gasteiger partial charge on any atom is 0.128 e. The lowest BCUT2D eigenvalue weighted by Crippen LogP contribution is -2.23. The normalized spacial score (nSPS) is 10.8. The van der Waals surface area contributed by atoms with E-state index in [0.29, 0.717) is 17.5 Å². The maximum absolute atomic E-state index is 5.95. The van der Waals surface area contributed by atoms with Gasteiger partial charge in [0, 0.05) is 26.3 Å². The first-order valence-electron chi connectivity index (χ1n) is 5.10. The lowest BCUT2D eigenvalue weighted by molar-refractivity contribution is 0.634. The SMILES string of the molecule is CC(C)CN(C)c1cc(CN)c(Cl)cn1. The fraction of sp³-hybridized carbons (Fsp3) is 0.545. The van der Waals surface area contributed by atoms with Crippen LogP contribution in [-0.2, 0) is 6.54 Å². The quantitative estimate of drug-likeness (QED) is 0.858. The molecule has 0 saturated heterocycles. The zero-order valence-electron chi connectivity index (χ0n) is 9.50. The summed E-state index contributed by atoms with van der Waals surface area (Å²) in [6.07, 6.45) is 1.66. The summed E-state index contributed by atoms with van der Waals surface area (Å²) in [5.41, 5.74) is 6.53. The van der Waals surface area contributed by atoms with Crippen molar-refractivity contribution in [1.29, 1.82) is 0 Å². The highest BCUT2D eigenvalue weighted by atomic mass is 35.5. The molecule has 0 atom stereocenters. The largest absolute Gasteiger partial charge is 0.359 e. The van der Waals surface area contributed by atoms with Crippen LogP contribution in [0.15, 0.2) is 12.3 Å². The first kappa shape index (κ1) is 12.3. The van der Waals surface area contributed by atoms with Crippen molar-refractivity contribution < 1.29 is 0 Å². The van der Waals surface area contributed by atoms with Gasteiger partial charge in [-0.1, -0.05) is 25.4 Å². The summed E-state index contributed by atoms with van der Waals surface area (Å²) >= 11 is 5.95. The highest BCUT2D eigenvalue weighted by Crippen LogP contribution is 2.19. The smallest absolute Gasteiger partial charge is 0.128 e. The third kappa shape index (κ3) is 3.36. The third-order valence-electron chi connectivity index (χ3n) is 2.17. The van der Waals surface area contributed by atoms with E-state index in [1.165, 1.54) is 0 Å². The molecule has 0 radical (unpaired) electrons. The van der Waals surface area contributed by atoms with E-state index in [1.807, 2.05) is 13.1 Å². The van der Waals surface area contributed by atoms with Gasteiger partial charge in [-0.3, -0.25) is 0 Å². The van der Waals surface area contributed by atoms with Crippen LogP contribution in [-0.4, -0.2) is 18.6 Å². The number of hydrogen-bond donors (Lipinski definition) is 1. The second-order valence-corrected chi connectivity index (χ2v) is 4.52. The van der Waals surface area contributed by atoms with Crippen LogP contribution in [0.1, 0.15) is 19.4 Å². The highest BCUT2D eigenvalue weighted by molar-refractivity contribution is 6.31. The number of halogens is 1. The summed E-state index contributed by atoms with van der Waals surface area (Å²) in [5.74, 6) is 1.53. The third-order valence-corrected chi connectivity index (χ3v) is 2.51. The predicted molar refractivity (Wildman–Crippen MR) is 65.2 cm³/mol. The Balaban J connectivity index is 2.85. The molecule has 1 aromatic heterocycles. The molecular weight excluding hydrogens is 210 g/mol. The van der Waals surface area contributed by atoms with E-state index >= 15 is 0 Å². The van der Waals surface area contributed by atoms with Crippen molar-refractivity contribution in [3.8, 4) is 0 Å². The Morgan fingerprint density at radius 1 is 1.53 bits per heavy atom. The molecule has 0 unspecified atom stereocenters. The number of aromatic nitrogens is 1. The van der Waals surface area contributed by atoms with Gasteiger partial charge in [0.25, 0.3) is 0 Å². The zero-order valence-corrected chi connectivity index (χ0v) is 10.3. The molecule has 0 bridgehead atoms. The second kappa shape index (κ2) is 5.33. The molecular formula is C11H18ClN3. The van der Waals surface area contributed by atoms with Gasteiger partial charge in [0.05, 0.1) is 5.02 Å². The molecule has 0 aliphatic rings. The Labute approximate surface area is 96.2 Å². The van der Waals surface area contributed by atoms with Crippen LogP contribution < -0.4 is 10.6 Å². The molecule has 3 nitrogen and oxygen atoms in total. The molecule has 0 amide bonds. The molecule has 0 fully saturated rings. The monoisotopic (exact) mass is 227 g/mol. The lowest BCUT2D eigenvalue weighted by Gasteiger charge is -2.21. The van der Waals surface area contributed by atoms with Gasteiger partial charge in [0.15, 0.2) is 0 Å². The molecule has 15 heavy (non-hydrogen) atoms. The summed E-state index contributed by atoms with van der Waals surface area (Å²) in [7, 11) is 2.02. The minimum absolute atomic E-state index is 0.448. The molecule has 0 aromatic carbocycles. The predicted octanol–water partition coefficient (Wildman–Crippen LogP) is 2.29. The number of nitrogens with two attached hydrogens (primary N) is 1. The summed E-state index contributed by atoms with van der Waals surface area (Å²) in [6, 6.07) is 1.95. The van der Waals surface area contributed by atoms with Crippen molar-refractivity contribution in [3.63, 3.8) is 0 Å². The van der Waals surface area contributed by atoms with Crippen LogP contribution >= 0.6 is 11.6 Å². The Bertz CT molecular complexity index is 326. The van der Waals surface area contributed by atoms with E-state index in [4.69, 9.17) is 17.3 Å². The number of hydrogen-bond acceptors (Lipinski definition) is 3. The second-order valence-electron chi connectivity index (χ2n) is 4.11. The fourth-order valence-corrected chi connectivity index (χ4v) is 1.65. The average Bonchev–Trinajstić information content (AvgIpc) is 2.17. The number of rotatable bonds is 4. The van der Waals surface area contributed by atoms with Crippen molar-refractivity contribution in [1.82, 2.24) is 4.98 Å². The molecule has 0 spiro atoms. The maximum atomic E-state index is 5.95. The van der Waals surface area contributed by atoms with Crippen LogP contribution in [0.5, 0.6) is 0 Å². The van der Waals surface area contributed by atoms with E-state index in [2.05, 4.69) is 23.7 Å². The fourth-order valence-electron chi connectivity index (χ4n) is 1.47. The first-order chi connectivity index (χ1) is 7.04. The van der Waals surface area contributed by atoms with E-state index < -0.39 is 0 Å². The van der Waals surface area contributed by atoms with Crippen LogP contribution in [0.2, 0.25) is 5.02 Å². The van der Waals surface area contributed by atoms with Gasteiger partial charge in [-0.25, -0.2) is 4.98 Å². The molecule has 2 N–H and O–H groups in total. The molecule has 84 valence electrons. The summed E-state index contributed by atoms with van der Waals surface area (Å²) < 4.78 is 0. The molecule has 4 heteroatoms. The summed E-state index contributed by atoms with van der Waals surface area (Å²) in [6.45, 7) is 5.77. The lowest BCUT2D eigenvalue weighted by atomic mass is 10.2. The van der Waals surface area contributed by atoms with Gasteiger partial charge in [-0.05, 0) is 17.5 Å². The zero-order chi connectivity index (χ0) is 11.4. The number of pyridine rings is 1. The first-order valence-corrected chi connectivity index (χ1v) is 5.48. The van der Waals surface area contributed by atoms with Crippen LogP contribution in [0.25, 0.3) is 0 Å². The van der Waals surface area contributed by atoms with Crippen molar-refractivity contribution in [2.24, 2.45) is 11.7 Å². The molecule has 1 rings (SSSR count). The van der Waals surface area contributed by atoms with E-state index in [-0.39, 0.29) is 0 Å². The molecule has 0 aliphatic carbocycles. The summed E-state index contributed by atoms with van der Waals surface area (Å²) in [5, 5.41) is 0.638. The Morgan fingerprint density at radius 2 is 2.20 bits per heavy atom. The summed E-state index contributed by atoms with van der Waals surface area (Å²) in [4.78, 5) is 6.39.